The van der Waals surface area contributed by atoms with E-state index in [1.807, 2.05) is 0 Å². The van der Waals surface area contributed by atoms with Crippen LogP contribution in [-0.4, -0.2) is 35.2 Å². The molecule has 0 saturated heterocycles. The van der Waals surface area contributed by atoms with E-state index < -0.39 is 18.0 Å². The smallest absolute Gasteiger partial charge is 0.335 e. The van der Waals surface area contributed by atoms with E-state index in [2.05, 4.69) is 0 Å². The summed E-state index contributed by atoms with van der Waals surface area (Å²) in [6.45, 7) is 1.56. The van der Waals surface area contributed by atoms with Crippen molar-refractivity contribution in [1.29, 1.82) is 0 Å². The number of nitrogens with zero attached hydrogens (tertiary/aromatic N) is 1. The van der Waals surface area contributed by atoms with Gasteiger partial charge in [0.25, 0.3) is 0 Å². The molecule has 1 rings (SSSR count). The van der Waals surface area contributed by atoms with Gasteiger partial charge in [-0.05, 0) is 31.2 Å². The van der Waals surface area contributed by atoms with Crippen molar-refractivity contribution in [2.75, 3.05) is 11.9 Å². The molecule has 0 aliphatic heterocycles. The number of anilines is 1. The van der Waals surface area contributed by atoms with Crippen LogP contribution in [0, 0.1) is 0 Å². The first-order valence-corrected chi connectivity index (χ1v) is 4.72. The van der Waals surface area contributed by atoms with E-state index >= 15 is 0 Å². The highest BCUT2D eigenvalue weighted by molar-refractivity contribution is 5.88. The second kappa shape index (κ2) is 4.65. The number of likely N-dealkylation sites (N-methyl/N-ethyl adjacent to an activating group) is 1. The predicted octanol–water partition coefficient (Wildman–Crippen LogP) is 1.29. The van der Waals surface area contributed by atoms with Gasteiger partial charge in [-0.1, -0.05) is 0 Å². The summed E-state index contributed by atoms with van der Waals surface area (Å²) < 4.78 is 0. The first-order valence-electron chi connectivity index (χ1n) is 4.72. The van der Waals surface area contributed by atoms with Crippen LogP contribution in [0.4, 0.5) is 5.69 Å². The van der Waals surface area contributed by atoms with Gasteiger partial charge in [0.2, 0.25) is 0 Å². The molecule has 5 nitrogen and oxygen atoms in total. The third-order valence-corrected chi connectivity index (χ3v) is 2.46. The van der Waals surface area contributed by atoms with Gasteiger partial charge in [0.1, 0.15) is 6.04 Å². The van der Waals surface area contributed by atoms with Crippen molar-refractivity contribution in [3.05, 3.63) is 29.8 Å². The fraction of sp³-hybridized carbons (Fsp3) is 0.273. The van der Waals surface area contributed by atoms with Crippen LogP contribution in [-0.2, 0) is 4.79 Å². The molecule has 0 saturated carbocycles. The lowest BCUT2D eigenvalue weighted by atomic mass is 10.2. The Labute approximate surface area is 92.9 Å². The minimum absolute atomic E-state index is 0.181. The Bertz CT molecular complexity index is 399. The highest BCUT2D eigenvalue weighted by Crippen LogP contribution is 2.16. The maximum Gasteiger partial charge on any atom is 0.335 e. The molecule has 2 N–H and O–H groups in total. The average molecular weight is 223 g/mol. The van der Waals surface area contributed by atoms with Crippen LogP contribution in [0.3, 0.4) is 0 Å². The molecule has 1 aromatic rings. The van der Waals surface area contributed by atoms with E-state index in [1.54, 1.807) is 31.0 Å². The Kier molecular flexibility index (Phi) is 3.50. The molecule has 0 aliphatic rings. The number of carboxylic acid groups (broad SMARTS) is 2. The minimum Gasteiger partial charge on any atom is -0.480 e. The van der Waals surface area contributed by atoms with Gasteiger partial charge in [0, 0.05) is 12.7 Å². The Hall–Kier alpha value is -2.04. The van der Waals surface area contributed by atoms with Crippen LogP contribution in [0.5, 0.6) is 0 Å². The number of carbonyl (C=O) groups is 2. The van der Waals surface area contributed by atoms with Crippen LogP contribution in [0.15, 0.2) is 24.3 Å². The first kappa shape index (κ1) is 12.0. The fourth-order valence-corrected chi connectivity index (χ4v) is 1.23. The molecule has 1 atom stereocenters. The SMILES string of the molecule is C[C@H](C(=O)O)N(C)c1ccc(C(=O)O)cc1. The monoisotopic (exact) mass is 223 g/mol. The van der Waals surface area contributed by atoms with E-state index in [4.69, 9.17) is 10.2 Å². The Morgan fingerprint density at radius 2 is 1.69 bits per heavy atom. The van der Waals surface area contributed by atoms with Crippen molar-refractivity contribution in [3.63, 3.8) is 0 Å². The number of aromatic carboxylic acids is 1. The van der Waals surface area contributed by atoms with Gasteiger partial charge in [-0.25, -0.2) is 9.59 Å². The fourth-order valence-electron chi connectivity index (χ4n) is 1.23. The van der Waals surface area contributed by atoms with E-state index in [9.17, 15) is 9.59 Å². The van der Waals surface area contributed by atoms with Crippen molar-refractivity contribution in [2.24, 2.45) is 0 Å². The molecular formula is C11H13NO4. The van der Waals surface area contributed by atoms with Gasteiger partial charge in [0.15, 0.2) is 0 Å². The van der Waals surface area contributed by atoms with Crippen molar-refractivity contribution in [1.82, 2.24) is 0 Å². The van der Waals surface area contributed by atoms with Crippen molar-refractivity contribution in [2.45, 2.75) is 13.0 Å². The quantitative estimate of drug-likeness (QED) is 0.804. The van der Waals surface area contributed by atoms with E-state index in [-0.39, 0.29) is 5.56 Å². The average Bonchev–Trinajstić information content (AvgIpc) is 2.27. The molecule has 0 fully saturated rings. The van der Waals surface area contributed by atoms with Gasteiger partial charge in [-0.3, -0.25) is 0 Å². The van der Waals surface area contributed by atoms with Crippen LogP contribution in [0.25, 0.3) is 0 Å². The third-order valence-electron chi connectivity index (χ3n) is 2.46. The Morgan fingerprint density at radius 3 is 2.06 bits per heavy atom. The Morgan fingerprint density at radius 1 is 1.19 bits per heavy atom. The largest absolute Gasteiger partial charge is 0.480 e. The molecule has 0 spiro atoms. The van der Waals surface area contributed by atoms with Gasteiger partial charge in [-0.15, -0.1) is 0 Å². The summed E-state index contributed by atoms with van der Waals surface area (Å²) in [7, 11) is 1.65. The molecule has 0 bridgehead atoms. The Balaban J connectivity index is 2.89. The summed E-state index contributed by atoms with van der Waals surface area (Å²) in [5, 5.41) is 17.5. The number of hydrogen-bond acceptors (Lipinski definition) is 3. The minimum atomic E-state index is -1.000. The zero-order valence-electron chi connectivity index (χ0n) is 9.04. The standard InChI is InChI=1S/C11H13NO4/c1-7(10(13)14)12(2)9-5-3-8(4-6-9)11(15)16/h3-7H,1-2H3,(H,13,14)(H,15,16)/t7-/m1/s1. The molecule has 0 aromatic heterocycles. The van der Waals surface area contributed by atoms with Gasteiger partial charge < -0.3 is 15.1 Å². The number of carboxylic acids is 2. The second-order valence-corrected chi connectivity index (χ2v) is 3.48. The summed E-state index contributed by atoms with van der Waals surface area (Å²) in [4.78, 5) is 22.9. The summed E-state index contributed by atoms with van der Waals surface area (Å²) in [6, 6.07) is 5.41. The lowest BCUT2D eigenvalue weighted by Gasteiger charge is -2.23. The first-order chi connectivity index (χ1) is 7.43. The molecule has 0 unspecified atom stereocenters. The van der Waals surface area contributed by atoms with Crippen LogP contribution in [0.2, 0.25) is 0 Å². The van der Waals surface area contributed by atoms with E-state index in [1.165, 1.54) is 12.1 Å². The molecule has 5 heteroatoms. The maximum absolute atomic E-state index is 10.8. The van der Waals surface area contributed by atoms with Crippen molar-refractivity contribution in [3.8, 4) is 0 Å². The molecule has 0 amide bonds. The highest BCUT2D eigenvalue weighted by Gasteiger charge is 2.17. The molecule has 86 valence electrons. The summed E-state index contributed by atoms with van der Waals surface area (Å²) >= 11 is 0. The molecular weight excluding hydrogens is 210 g/mol. The molecule has 0 heterocycles. The lowest BCUT2D eigenvalue weighted by Crippen LogP contribution is -2.35. The van der Waals surface area contributed by atoms with Gasteiger partial charge >= 0.3 is 11.9 Å². The predicted molar refractivity (Wildman–Crippen MR) is 58.9 cm³/mol. The van der Waals surface area contributed by atoms with Crippen molar-refractivity contribution < 1.29 is 19.8 Å². The molecule has 0 radical (unpaired) electrons. The van der Waals surface area contributed by atoms with Crippen LogP contribution < -0.4 is 4.90 Å². The third kappa shape index (κ3) is 2.50. The molecule has 1 aromatic carbocycles. The van der Waals surface area contributed by atoms with Crippen LogP contribution in [0.1, 0.15) is 17.3 Å². The zero-order valence-corrected chi connectivity index (χ0v) is 9.04. The van der Waals surface area contributed by atoms with Gasteiger partial charge in [0.05, 0.1) is 5.56 Å². The number of rotatable bonds is 4. The van der Waals surface area contributed by atoms with Crippen molar-refractivity contribution >= 4 is 17.6 Å². The summed E-state index contributed by atoms with van der Waals surface area (Å²) in [5.41, 5.74) is 0.847. The van der Waals surface area contributed by atoms with Crippen LogP contribution >= 0.6 is 0 Å². The number of hydrogen-bond donors (Lipinski definition) is 2. The lowest BCUT2D eigenvalue weighted by molar-refractivity contribution is -0.138. The topological polar surface area (TPSA) is 77.8 Å². The maximum atomic E-state index is 10.8. The summed E-state index contributed by atoms with van der Waals surface area (Å²) in [6.07, 6.45) is 0. The normalized spacial score (nSPS) is 11.9. The molecule has 0 aliphatic carbocycles. The zero-order chi connectivity index (χ0) is 12.3. The highest BCUT2D eigenvalue weighted by atomic mass is 16.4. The van der Waals surface area contributed by atoms with E-state index in [0.717, 1.165) is 0 Å². The molecule has 16 heavy (non-hydrogen) atoms. The number of benzene rings is 1. The number of aliphatic carboxylic acids is 1. The van der Waals surface area contributed by atoms with E-state index in [0.29, 0.717) is 5.69 Å². The van der Waals surface area contributed by atoms with Gasteiger partial charge in [-0.2, -0.15) is 0 Å². The second-order valence-electron chi connectivity index (χ2n) is 3.48. The summed E-state index contributed by atoms with van der Waals surface area (Å²) in [5.74, 6) is -1.93.